The highest BCUT2D eigenvalue weighted by atomic mass is 35.5. The third kappa shape index (κ3) is 4.09. The van der Waals surface area contributed by atoms with Gasteiger partial charge in [-0.05, 0) is 43.5 Å². The zero-order valence-electron chi connectivity index (χ0n) is 13.8. The molecule has 1 aromatic carbocycles. The molecule has 0 aliphatic heterocycles. The summed E-state index contributed by atoms with van der Waals surface area (Å²) in [7, 11) is 1.87. The molecule has 2 aromatic rings. The molecule has 1 atom stereocenters. The molecule has 24 heavy (non-hydrogen) atoms. The van der Waals surface area contributed by atoms with Crippen LogP contribution < -0.4 is 4.74 Å². The molecule has 1 N–H and O–H groups in total. The quantitative estimate of drug-likeness (QED) is 0.817. The van der Waals surface area contributed by atoms with Gasteiger partial charge in [-0.15, -0.1) is 0 Å². The van der Waals surface area contributed by atoms with Crippen molar-refractivity contribution in [1.29, 1.82) is 0 Å². The van der Waals surface area contributed by atoms with Crippen LogP contribution in [0.1, 0.15) is 24.2 Å². The zero-order valence-corrected chi connectivity index (χ0v) is 14.6. The van der Waals surface area contributed by atoms with Crippen molar-refractivity contribution in [1.82, 2.24) is 14.9 Å². The number of carbonyl (C=O) groups is 1. The van der Waals surface area contributed by atoms with Crippen LogP contribution in [0.4, 0.5) is 0 Å². The highest BCUT2D eigenvalue weighted by molar-refractivity contribution is 6.30. The molecule has 1 aliphatic carbocycles. The average Bonchev–Trinajstić information content (AvgIpc) is 3.07. The van der Waals surface area contributed by atoms with E-state index in [1.165, 1.54) is 0 Å². The fourth-order valence-electron chi connectivity index (χ4n) is 3.06. The van der Waals surface area contributed by atoms with Gasteiger partial charge in [-0.2, -0.15) is 0 Å². The molecule has 1 heterocycles. The number of halogens is 1. The van der Waals surface area contributed by atoms with Gasteiger partial charge in [-0.3, -0.25) is 4.79 Å². The fourth-order valence-corrected chi connectivity index (χ4v) is 3.18. The van der Waals surface area contributed by atoms with Crippen LogP contribution in [-0.2, 0) is 17.6 Å². The van der Waals surface area contributed by atoms with Crippen molar-refractivity contribution in [3.05, 3.63) is 47.0 Å². The smallest absolute Gasteiger partial charge is 0.225 e. The molecule has 1 unspecified atom stereocenters. The van der Waals surface area contributed by atoms with Crippen LogP contribution in [0, 0.1) is 5.92 Å². The van der Waals surface area contributed by atoms with E-state index in [2.05, 4.69) is 9.97 Å². The summed E-state index contributed by atoms with van der Waals surface area (Å²) in [6, 6.07) is 7.31. The molecular weight excluding hydrogens is 326 g/mol. The van der Waals surface area contributed by atoms with Crippen molar-refractivity contribution in [2.75, 3.05) is 20.2 Å². The number of aryl methyl sites for hydroxylation is 1. The van der Waals surface area contributed by atoms with E-state index in [-0.39, 0.29) is 11.8 Å². The van der Waals surface area contributed by atoms with Crippen LogP contribution in [0.5, 0.6) is 5.75 Å². The minimum Gasteiger partial charge on any atom is -0.494 e. The number of aromatic amines is 1. The highest BCUT2D eigenvalue weighted by Gasteiger charge is 2.28. The van der Waals surface area contributed by atoms with Crippen LogP contribution in [-0.4, -0.2) is 41.0 Å². The zero-order chi connectivity index (χ0) is 16.9. The van der Waals surface area contributed by atoms with Crippen molar-refractivity contribution in [3.63, 3.8) is 0 Å². The fraction of sp³-hybridized carbons (Fsp3) is 0.444. The predicted molar refractivity (Wildman–Crippen MR) is 93.3 cm³/mol. The molecule has 1 amide bonds. The summed E-state index contributed by atoms with van der Waals surface area (Å²) in [6.07, 6.45) is 5.03. The van der Waals surface area contributed by atoms with E-state index < -0.39 is 0 Å². The van der Waals surface area contributed by atoms with Crippen LogP contribution in [0.3, 0.4) is 0 Å². The molecule has 0 bridgehead atoms. The maximum atomic E-state index is 12.6. The summed E-state index contributed by atoms with van der Waals surface area (Å²) in [6.45, 7) is 1.27. The highest BCUT2D eigenvalue weighted by Crippen LogP contribution is 2.24. The van der Waals surface area contributed by atoms with Crippen LogP contribution in [0.25, 0.3) is 0 Å². The molecule has 0 saturated heterocycles. The number of fused-ring (bicyclic) bond motifs is 1. The first-order chi connectivity index (χ1) is 11.6. The SMILES string of the molecule is CN(CCCOc1ccc(Cl)cc1)C(=O)C1CCc2nc[nH]c2C1. The van der Waals surface area contributed by atoms with Gasteiger partial charge in [-0.1, -0.05) is 11.6 Å². The van der Waals surface area contributed by atoms with Crippen molar-refractivity contribution in [2.45, 2.75) is 25.7 Å². The second-order valence-corrected chi connectivity index (χ2v) is 6.62. The van der Waals surface area contributed by atoms with Gasteiger partial charge in [-0.25, -0.2) is 4.98 Å². The van der Waals surface area contributed by atoms with Gasteiger partial charge in [0, 0.05) is 36.6 Å². The Balaban J connectivity index is 1.41. The molecule has 1 aromatic heterocycles. The van der Waals surface area contributed by atoms with Crippen molar-refractivity contribution in [2.24, 2.45) is 5.92 Å². The number of amides is 1. The Labute approximate surface area is 147 Å². The van der Waals surface area contributed by atoms with Gasteiger partial charge in [0.05, 0.1) is 18.6 Å². The van der Waals surface area contributed by atoms with E-state index in [1.807, 2.05) is 24.1 Å². The topological polar surface area (TPSA) is 58.2 Å². The maximum Gasteiger partial charge on any atom is 0.225 e. The first-order valence-corrected chi connectivity index (χ1v) is 8.66. The third-order valence-corrected chi connectivity index (χ3v) is 4.69. The van der Waals surface area contributed by atoms with Crippen molar-refractivity contribution >= 4 is 17.5 Å². The summed E-state index contributed by atoms with van der Waals surface area (Å²) in [5, 5.41) is 0.695. The Morgan fingerprint density at radius 1 is 1.42 bits per heavy atom. The van der Waals surface area contributed by atoms with Gasteiger partial charge in [0.2, 0.25) is 5.91 Å². The Hall–Kier alpha value is -2.01. The van der Waals surface area contributed by atoms with Crippen LogP contribution >= 0.6 is 11.6 Å². The summed E-state index contributed by atoms with van der Waals surface area (Å²) in [5.74, 6) is 1.06. The average molecular weight is 348 g/mol. The van der Waals surface area contributed by atoms with Crippen molar-refractivity contribution < 1.29 is 9.53 Å². The Kier molecular flexibility index (Phi) is 5.41. The minimum atomic E-state index is 0.0557. The molecule has 128 valence electrons. The lowest BCUT2D eigenvalue weighted by atomic mass is 9.89. The Morgan fingerprint density at radius 3 is 3.00 bits per heavy atom. The molecule has 0 radical (unpaired) electrons. The number of carbonyl (C=O) groups excluding carboxylic acids is 1. The number of benzene rings is 1. The van der Waals surface area contributed by atoms with E-state index in [9.17, 15) is 4.79 Å². The van der Waals surface area contributed by atoms with Crippen molar-refractivity contribution in [3.8, 4) is 5.75 Å². The van der Waals surface area contributed by atoms with E-state index in [1.54, 1.807) is 18.5 Å². The predicted octanol–water partition coefficient (Wildman–Crippen LogP) is 3.10. The first kappa shape index (κ1) is 16.8. The first-order valence-electron chi connectivity index (χ1n) is 8.28. The number of rotatable bonds is 6. The van der Waals surface area contributed by atoms with E-state index in [4.69, 9.17) is 16.3 Å². The lowest BCUT2D eigenvalue weighted by molar-refractivity contribution is -0.134. The molecule has 6 heteroatoms. The molecular formula is C18H22ClN3O2. The minimum absolute atomic E-state index is 0.0557. The number of hydrogen-bond acceptors (Lipinski definition) is 3. The lowest BCUT2D eigenvalue weighted by Crippen LogP contribution is -2.36. The third-order valence-electron chi connectivity index (χ3n) is 4.43. The van der Waals surface area contributed by atoms with Gasteiger partial charge < -0.3 is 14.6 Å². The Bertz CT molecular complexity index is 684. The number of ether oxygens (including phenoxy) is 1. The summed E-state index contributed by atoms with van der Waals surface area (Å²) in [5.41, 5.74) is 2.22. The normalized spacial score (nSPS) is 16.5. The lowest BCUT2D eigenvalue weighted by Gasteiger charge is -2.26. The maximum absolute atomic E-state index is 12.6. The number of imidazole rings is 1. The summed E-state index contributed by atoms with van der Waals surface area (Å²) in [4.78, 5) is 21.8. The Morgan fingerprint density at radius 2 is 2.21 bits per heavy atom. The van der Waals surface area contributed by atoms with E-state index in [0.717, 1.165) is 42.8 Å². The second kappa shape index (κ2) is 7.71. The molecule has 0 fully saturated rings. The van der Waals surface area contributed by atoms with Crippen LogP contribution in [0.15, 0.2) is 30.6 Å². The molecule has 5 nitrogen and oxygen atoms in total. The van der Waals surface area contributed by atoms with Crippen LogP contribution in [0.2, 0.25) is 5.02 Å². The van der Waals surface area contributed by atoms with Gasteiger partial charge >= 0.3 is 0 Å². The number of hydrogen-bond donors (Lipinski definition) is 1. The van der Waals surface area contributed by atoms with Gasteiger partial charge in [0.15, 0.2) is 0 Å². The molecule has 3 rings (SSSR count). The monoisotopic (exact) mass is 347 g/mol. The largest absolute Gasteiger partial charge is 0.494 e. The number of aromatic nitrogens is 2. The standard InChI is InChI=1S/C18H22ClN3O2/c1-22(9-2-10-24-15-6-4-14(19)5-7-15)18(23)13-3-8-16-17(11-13)21-12-20-16/h4-7,12-13H,2-3,8-11H2,1H3,(H,20,21). The molecule has 1 aliphatic rings. The number of nitrogens with zero attached hydrogens (tertiary/aromatic N) is 2. The molecule has 0 saturated carbocycles. The number of H-pyrrole nitrogens is 1. The van der Waals surface area contributed by atoms with E-state index >= 15 is 0 Å². The van der Waals surface area contributed by atoms with E-state index in [0.29, 0.717) is 18.2 Å². The van der Waals surface area contributed by atoms with Gasteiger partial charge in [0.1, 0.15) is 5.75 Å². The summed E-state index contributed by atoms with van der Waals surface area (Å²) >= 11 is 5.84. The van der Waals surface area contributed by atoms with Gasteiger partial charge in [0.25, 0.3) is 0 Å². The molecule has 0 spiro atoms. The summed E-state index contributed by atoms with van der Waals surface area (Å²) < 4.78 is 5.66. The second-order valence-electron chi connectivity index (χ2n) is 6.18. The number of nitrogens with one attached hydrogen (secondary N) is 1.